The first-order valence-electron chi connectivity index (χ1n) is 2.90. The van der Waals surface area contributed by atoms with Gasteiger partial charge in [-0.2, -0.15) is 0 Å². The average molecular weight is 209 g/mol. The fourth-order valence-corrected chi connectivity index (χ4v) is 1.54. The summed E-state index contributed by atoms with van der Waals surface area (Å²) >= 11 is 0.0822. The van der Waals surface area contributed by atoms with Crippen LogP contribution in [-0.2, 0) is 10.3 Å². The second-order valence-corrected chi connectivity index (χ2v) is 5.70. The minimum absolute atomic E-state index is 0.0822. The number of aliphatic hydroxyl groups excluding tert-OH is 2. The van der Waals surface area contributed by atoms with Crippen molar-refractivity contribution in [3.63, 3.8) is 0 Å². The predicted molar refractivity (Wildman–Crippen MR) is 37.3 cm³/mol. The second kappa shape index (κ2) is 5.22. The van der Waals surface area contributed by atoms with Gasteiger partial charge in [-0.3, -0.25) is 0 Å². The van der Waals surface area contributed by atoms with Crippen molar-refractivity contribution in [2.75, 3.05) is 6.61 Å². The molecule has 62 valence electrons. The van der Waals surface area contributed by atoms with Crippen molar-refractivity contribution in [3.8, 4) is 0 Å². The van der Waals surface area contributed by atoms with Crippen LogP contribution in [0, 0.1) is 0 Å². The van der Waals surface area contributed by atoms with Gasteiger partial charge in [-0.25, -0.2) is 0 Å². The van der Waals surface area contributed by atoms with Gasteiger partial charge >= 0.3 is 100 Å². The van der Waals surface area contributed by atoms with Crippen LogP contribution in [0.5, 0.6) is 0 Å². The summed E-state index contributed by atoms with van der Waals surface area (Å²) in [5.74, 6) is 0. The van der Waals surface area contributed by atoms with Gasteiger partial charge in [-0.15, -0.1) is 0 Å². The van der Waals surface area contributed by atoms with Crippen LogP contribution in [0.2, 0.25) is 0.0125 Å². The zero-order valence-electron chi connectivity index (χ0n) is 5.93. The molecule has 0 aliphatic carbocycles. The normalized spacial score (nSPS) is 17.9. The number of rotatable bonds is 4. The molecule has 0 aliphatic heterocycles. The molecular weight excluding hydrogens is 201 g/mol. The first-order chi connectivity index (χ1) is 4.87. The first-order valence-corrected chi connectivity index (χ1v) is 6.15. The molecule has 0 rings (SSSR count). The third-order valence-corrected chi connectivity index (χ3v) is 3.19. The molecule has 2 unspecified atom stereocenters. The molecule has 0 saturated carbocycles. The summed E-state index contributed by atoms with van der Waals surface area (Å²) in [6.07, 6.45) is -1.38. The van der Waals surface area contributed by atoms with Gasteiger partial charge in [-0.05, 0) is 0 Å². The summed E-state index contributed by atoms with van der Waals surface area (Å²) in [6.45, 7) is -0.288. The Balaban J connectivity index is 3.98. The standard InChI is InChI=1S/C3H8NO5S.K/c5-2-1-3(6)4-10(7,8)9;/h1,3-6H,2H2,(H,7,8,9);. The topological polar surface area (TPSA) is 107 Å². The van der Waals surface area contributed by atoms with Gasteiger partial charge in [0.15, 0.2) is 0 Å². The van der Waals surface area contributed by atoms with Crippen molar-refractivity contribution in [1.82, 2.24) is 4.72 Å². The molecule has 0 bridgehead atoms. The van der Waals surface area contributed by atoms with E-state index in [-0.39, 0.29) is 55.6 Å². The summed E-state index contributed by atoms with van der Waals surface area (Å²) in [5.41, 5.74) is 0. The van der Waals surface area contributed by atoms with Gasteiger partial charge in [0.05, 0.1) is 0 Å². The Morgan fingerprint density at radius 1 is 1.55 bits per heavy atom. The van der Waals surface area contributed by atoms with E-state index in [9.17, 15) is 8.42 Å². The summed E-state index contributed by atoms with van der Waals surface area (Å²) in [6, 6.07) is 0. The first kappa shape index (κ1) is 12.4. The number of hydrogen-bond donors (Lipinski definition) is 4. The quantitative estimate of drug-likeness (QED) is 0.235. The molecule has 11 heavy (non-hydrogen) atoms. The number of aliphatic hydroxyl groups is 2. The van der Waals surface area contributed by atoms with Crippen LogP contribution in [0.25, 0.3) is 0 Å². The summed E-state index contributed by atoms with van der Waals surface area (Å²) < 4.78 is 29.4. The predicted octanol–water partition coefficient (Wildman–Crippen LogP) is -2.35. The van der Waals surface area contributed by atoms with Crippen LogP contribution in [-0.4, -0.2) is 85.0 Å². The van der Waals surface area contributed by atoms with Crippen LogP contribution in [0.4, 0.5) is 0 Å². The monoisotopic (exact) mass is 209 g/mol. The molecular formula is C3H8KNO5S. The van der Waals surface area contributed by atoms with Crippen molar-refractivity contribution < 1.29 is 23.2 Å². The average Bonchev–Trinajstić information content (AvgIpc) is 1.82. The Morgan fingerprint density at radius 2 is 2.00 bits per heavy atom. The zero-order chi connectivity index (χ0) is 9.07. The van der Waals surface area contributed by atoms with Gasteiger partial charge in [-0.1, -0.05) is 0 Å². The van der Waals surface area contributed by atoms with Crippen LogP contribution in [0.3, 0.4) is 0 Å². The zero-order valence-corrected chi connectivity index (χ0v) is 9.87. The van der Waals surface area contributed by atoms with Crippen molar-refractivity contribution in [1.29, 1.82) is 0 Å². The van der Waals surface area contributed by atoms with Crippen LogP contribution in [0.15, 0.2) is 0 Å². The maximum atomic E-state index is 10.1. The van der Waals surface area contributed by atoms with E-state index in [4.69, 9.17) is 14.8 Å². The number of hydrogen-bond acceptors (Lipinski definition) is 4. The van der Waals surface area contributed by atoms with Crippen molar-refractivity contribution in [2.24, 2.45) is 0 Å². The number of nitrogens with one attached hydrogen (secondary N) is 1. The summed E-state index contributed by atoms with van der Waals surface area (Å²) in [7, 11) is -4.36. The SMILES string of the molecule is O=S(=O)(O)NC(O)[CH]([K])CO. The van der Waals surface area contributed by atoms with Crippen molar-refractivity contribution in [3.05, 3.63) is 0 Å². The van der Waals surface area contributed by atoms with Crippen LogP contribution in [0.1, 0.15) is 0 Å². The Hall–Kier alpha value is 1.43. The second-order valence-electron chi connectivity index (χ2n) is 2.20. The molecule has 0 aromatic carbocycles. The Labute approximate surface area is 98.5 Å². The van der Waals surface area contributed by atoms with Gasteiger partial charge in [0, 0.05) is 0 Å². The summed E-state index contributed by atoms with van der Waals surface area (Å²) in [5, 5.41) is 17.4. The van der Waals surface area contributed by atoms with E-state index in [1.165, 1.54) is 4.72 Å². The van der Waals surface area contributed by atoms with E-state index in [1.807, 2.05) is 0 Å². The minimum atomic E-state index is -4.36. The van der Waals surface area contributed by atoms with E-state index < -0.39 is 16.5 Å². The molecule has 0 aromatic heterocycles. The maximum absolute atomic E-state index is 10.1. The molecule has 0 heterocycles. The van der Waals surface area contributed by atoms with Crippen LogP contribution >= 0.6 is 0 Å². The van der Waals surface area contributed by atoms with Crippen molar-refractivity contribution >= 4 is 59.3 Å². The fraction of sp³-hybridized carbons (Fsp3) is 1.00. The Bertz CT molecular complexity index is 204. The third-order valence-electron chi connectivity index (χ3n) is 1.10. The van der Waals surface area contributed by atoms with E-state index in [0.717, 1.165) is 0 Å². The molecule has 8 heteroatoms. The third kappa shape index (κ3) is 6.58. The Morgan fingerprint density at radius 3 is 2.27 bits per heavy atom. The van der Waals surface area contributed by atoms with Gasteiger partial charge in [0.2, 0.25) is 0 Å². The van der Waals surface area contributed by atoms with E-state index in [2.05, 4.69) is 0 Å². The van der Waals surface area contributed by atoms with E-state index in [1.54, 1.807) is 0 Å². The molecule has 0 saturated heterocycles. The van der Waals surface area contributed by atoms with E-state index >= 15 is 0 Å². The van der Waals surface area contributed by atoms with Gasteiger partial charge in [0.25, 0.3) is 0 Å². The van der Waals surface area contributed by atoms with Crippen LogP contribution < -0.4 is 4.72 Å². The molecule has 0 fully saturated rings. The van der Waals surface area contributed by atoms with E-state index in [0.29, 0.717) is 0 Å². The molecule has 0 spiro atoms. The fourth-order valence-electron chi connectivity index (χ4n) is 0.369. The molecule has 0 radical (unpaired) electrons. The molecule has 0 aromatic rings. The molecule has 2 atom stereocenters. The van der Waals surface area contributed by atoms with Gasteiger partial charge < -0.3 is 0 Å². The van der Waals surface area contributed by atoms with Gasteiger partial charge in [0.1, 0.15) is 0 Å². The molecule has 0 aliphatic rings. The Kier molecular flexibility index (Phi) is 5.90. The van der Waals surface area contributed by atoms with Crippen molar-refractivity contribution in [2.45, 2.75) is 6.24 Å². The molecule has 0 amide bonds. The molecule has 6 nitrogen and oxygen atoms in total. The summed E-state index contributed by atoms with van der Waals surface area (Å²) in [4.78, 5) is 0. The molecule has 4 N–H and O–H groups in total.